The fraction of sp³-hybridized carbons (Fsp3) is 0.158. The first-order valence-electron chi connectivity index (χ1n) is 8.73. The molecule has 0 bridgehead atoms. The normalized spacial score (nSPS) is 11.2. The summed E-state index contributed by atoms with van der Waals surface area (Å²) in [5, 5.41) is 16.0. The molecule has 0 saturated carbocycles. The first-order valence-corrected chi connectivity index (χ1v) is 11.6. The molecule has 0 radical (unpaired) electrons. The van der Waals surface area contributed by atoms with E-state index in [1.165, 1.54) is 47.7 Å². The van der Waals surface area contributed by atoms with Crippen molar-refractivity contribution in [1.29, 1.82) is 0 Å². The topological polar surface area (TPSA) is 119 Å². The van der Waals surface area contributed by atoms with E-state index in [0.29, 0.717) is 21.4 Å². The zero-order valence-corrected chi connectivity index (χ0v) is 17.8. The number of benzene rings is 2. The number of non-ortho nitro benzene ring substituents is 1. The van der Waals surface area contributed by atoms with E-state index in [4.69, 9.17) is 11.6 Å². The molecule has 1 aromatic heterocycles. The highest BCUT2D eigenvalue weighted by Gasteiger charge is 2.16. The number of anilines is 1. The summed E-state index contributed by atoms with van der Waals surface area (Å²) in [5.41, 5.74) is 1.02. The van der Waals surface area contributed by atoms with Crippen molar-refractivity contribution in [3.05, 3.63) is 69.0 Å². The van der Waals surface area contributed by atoms with Crippen LogP contribution >= 0.6 is 22.9 Å². The van der Waals surface area contributed by atoms with Crippen molar-refractivity contribution >= 4 is 49.5 Å². The number of thiazole rings is 1. The Bertz CT molecular complexity index is 1180. The van der Waals surface area contributed by atoms with E-state index in [9.17, 15) is 23.3 Å². The standard InChI is InChI=1S/C19H16ClN3O5S2/c20-14-6-8-16(9-7-14)30(27,28)10-2-5-18(24)22-19-21-17(12-29-19)13-3-1-4-15(11-13)23(25)26/h1,3-4,6-9,11-12H,2,5,10H2,(H,21,22,24). The number of amides is 1. The molecular weight excluding hydrogens is 450 g/mol. The van der Waals surface area contributed by atoms with Gasteiger partial charge < -0.3 is 5.32 Å². The average Bonchev–Trinajstić information content (AvgIpc) is 3.16. The molecular formula is C19H16ClN3O5S2. The van der Waals surface area contributed by atoms with Gasteiger partial charge in [0.1, 0.15) is 0 Å². The van der Waals surface area contributed by atoms with Crippen LogP contribution in [0.3, 0.4) is 0 Å². The van der Waals surface area contributed by atoms with Crippen molar-refractivity contribution in [3.8, 4) is 11.3 Å². The fourth-order valence-corrected chi connectivity index (χ4v) is 4.78. The smallest absolute Gasteiger partial charge is 0.270 e. The Labute approximate surface area is 181 Å². The lowest BCUT2D eigenvalue weighted by Crippen LogP contribution is -2.14. The van der Waals surface area contributed by atoms with Gasteiger partial charge in [0.15, 0.2) is 15.0 Å². The third-order valence-electron chi connectivity index (χ3n) is 4.09. The Morgan fingerprint density at radius 2 is 1.93 bits per heavy atom. The summed E-state index contributed by atoms with van der Waals surface area (Å²) < 4.78 is 24.6. The van der Waals surface area contributed by atoms with Crippen molar-refractivity contribution in [3.63, 3.8) is 0 Å². The minimum atomic E-state index is -3.50. The second kappa shape index (κ2) is 9.33. The van der Waals surface area contributed by atoms with Crippen LogP contribution in [0.1, 0.15) is 12.8 Å². The lowest BCUT2D eigenvalue weighted by Gasteiger charge is -2.05. The van der Waals surface area contributed by atoms with E-state index in [0.717, 1.165) is 0 Å². The third kappa shape index (κ3) is 5.62. The SMILES string of the molecule is O=C(CCCS(=O)(=O)c1ccc(Cl)cc1)Nc1nc(-c2cccc([N+](=O)[O-])c2)cs1. The maximum absolute atomic E-state index is 12.3. The van der Waals surface area contributed by atoms with E-state index in [2.05, 4.69) is 10.3 Å². The molecule has 0 unspecified atom stereocenters. The first kappa shape index (κ1) is 21.9. The van der Waals surface area contributed by atoms with Crippen LogP contribution in [-0.2, 0) is 14.6 Å². The molecule has 1 heterocycles. The van der Waals surface area contributed by atoms with E-state index in [1.807, 2.05) is 0 Å². The Hall–Kier alpha value is -2.82. The highest BCUT2D eigenvalue weighted by molar-refractivity contribution is 7.91. The molecule has 0 aliphatic rings. The largest absolute Gasteiger partial charge is 0.302 e. The van der Waals surface area contributed by atoms with E-state index in [1.54, 1.807) is 17.5 Å². The van der Waals surface area contributed by atoms with Gasteiger partial charge >= 0.3 is 0 Å². The molecule has 0 spiro atoms. The van der Waals surface area contributed by atoms with Crippen molar-refractivity contribution in [2.45, 2.75) is 17.7 Å². The molecule has 0 atom stereocenters. The highest BCUT2D eigenvalue weighted by Crippen LogP contribution is 2.27. The number of aromatic nitrogens is 1. The predicted molar refractivity (Wildman–Crippen MR) is 116 cm³/mol. The van der Waals surface area contributed by atoms with Crippen LogP contribution < -0.4 is 5.32 Å². The zero-order valence-electron chi connectivity index (χ0n) is 15.4. The van der Waals surface area contributed by atoms with Gasteiger partial charge in [0.05, 0.1) is 21.3 Å². The van der Waals surface area contributed by atoms with Crippen molar-refractivity contribution in [2.75, 3.05) is 11.1 Å². The summed E-state index contributed by atoms with van der Waals surface area (Å²) in [7, 11) is -3.50. The van der Waals surface area contributed by atoms with Crippen LogP contribution in [0.5, 0.6) is 0 Å². The highest BCUT2D eigenvalue weighted by atomic mass is 35.5. The van der Waals surface area contributed by atoms with Gasteiger partial charge in [-0.1, -0.05) is 23.7 Å². The predicted octanol–water partition coefficient (Wildman–Crippen LogP) is 4.56. The molecule has 0 aliphatic carbocycles. The summed E-state index contributed by atoms with van der Waals surface area (Å²) in [5.74, 6) is -0.528. The number of nitro benzene ring substituents is 1. The second-order valence-electron chi connectivity index (χ2n) is 6.27. The molecule has 0 saturated heterocycles. The Balaban J connectivity index is 1.55. The van der Waals surface area contributed by atoms with Crippen LogP contribution in [0, 0.1) is 10.1 Å². The van der Waals surface area contributed by atoms with Gasteiger partial charge in [-0.3, -0.25) is 14.9 Å². The van der Waals surface area contributed by atoms with Crippen molar-refractivity contribution in [1.82, 2.24) is 4.98 Å². The first-order chi connectivity index (χ1) is 14.2. The van der Waals surface area contributed by atoms with Crippen LogP contribution in [0.4, 0.5) is 10.8 Å². The third-order valence-corrected chi connectivity index (χ3v) is 6.92. The number of hydrogen-bond acceptors (Lipinski definition) is 7. The van der Waals surface area contributed by atoms with Gasteiger partial charge in [-0.15, -0.1) is 11.3 Å². The van der Waals surface area contributed by atoms with Crippen LogP contribution in [0.15, 0.2) is 58.8 Å². The van der Waals surface area contributed by atoms with E-state index in [-0.39, 0.29) is 35.1 Å². The van der Waals surface area contributed by atoms with Gasteiger partial charge in [-0.05, 0) is 30.7 Å². The minimum Gasteiger partial charge on any atom is -0.302 e. The molecule has 0 fully saturated rings. The molecule has 8 nitrogen and oxygen atoms in total. The summed E-state index contributed by atoms with van der Waals surface area (Å²) in [6.45, 7) is 0. The molecule has 3 aromatic rings. The lowest BCUT2D eigenvalue weighted by molar-refractivity contribution is -0.384. The maximum Gasteiger partial charge on any atom is 0.270 e. The fourth-order valence-electron chi connectivity index (χ4n) is 2.61. The van der Waals surface area contributed by atoms with Crippen molar-refractivity contribution < 1.29 is 18.1 Å². The molecule has 1 N–H and O–H groups in total. The number of nitro groups is 1. The van der Waals surface area contributed by atoms with Crippen molar-refractivity contribution in [2.24, 2.45) is 0 Å². The minimum absolute atomic E-state index is 0.0124. The Kier molecular flexibility index (Phi) is 6.80. The average molecular weight is 466 g/mol. The number of rotatable bonds is 8. The monoisotopic (exact) mass is 465 g/mol. The quantitative estimate of drug-likeness (QED) is 0.384. The number of nitrogens with one attached hydrogen (secondary N) is 1. The second-order valence-corrected chi connectivity index (χ2v) is 9.67. The van der Waals surface area contributed by atoms with E-state index >= 15 is 0 Å². The number of nitrogens with zero attached hydrogens (tertiary/aromatic N) is 2. The summed E-state index contributed by atoms with van der Waals surface area (Å²) in [6.07, 6.45) is 0.165. The van der Waals surface area contributed by atoms with Gasteiger partial charge in [-0.25, -0.2) is 13.4 Å². The summed E-state index contributed by atoms with van der Waals surface area (Å²) >= 11 is 6.94. The Morgan fingerprint density at radius 3 is 2.63 bits per heavy atom. The van der Waals surface area contributed by atoms with Crippen LogP contribution in [0.2, 0.25) is 5.02 Å². The maximum atomic E-state index is 12.3. The van der Waals surface area contributed by atoms with E-state index < -0.39 is 14.8 Å². The summed E-state index contributed by atoms with van der Waals surface area (Å²) in [4.78, 5) is 27.0. The molecule has 3 rings (SSSR count). The van der Waals surface area contributed by atoms with Gasteiger partial charge in [0.2, 0.25) is 5.91 Å². The number of sulfone groups is 1. The summed E-state index contributed by atoms with van der Waals surface area (Å²) in [6, 6.07) is 11.9. The number of carbonyl (C=O) groups excluding carboxylic acids is 1. The van der Waals surface area contributed by atoms with Gasteiger partial charge in [-0.2, -0.15) is 0 Å². The van der Waals surface area contributed by atoms with Gasteiger partial charge in [0.25, 0.3) is 5.69 Å². The number of carbonyl (C=O) groups is 1. The molecule has 1 amide bonds. The molecule has 0 aliphatic heterocycles. The Morgan fingerprint density at radius 1 is 1.20 bits per heavy atom. The molecule has 2 aromatic carbocycles. The van der Waals surface area contributed by atoms with Gasteiger partial charge in [0, 0.05) is 34.5 Å². The van der Waals surface area contributed by atoms with Crippen LogP contribution in [-0.4, -0.2) is 30.0 Å². The lowest BCUT2D eigenvalue weighted by atomic mass is 10.1. The zero-order chi connectivity index (χ0) is 21.7. The molecule has 11 heteroatoms. The van der Waals surface area contributed by atoms with Crippen LogP contribution in [0.25, 0.3) is 11.3 Å². The molecule has 30 heavy (non-hydrogen) atoms. The number of hydrogen-bond donors (Lipinski definition) is 1. The number of halogens is 1. The molecule has 156 valence electrons.